The van der Waals surface area contributed by atoms with E-state index in [-0.39, 0.29) is 23.5 Å². The number of ether oxygens (including phenoxy) is 1. The van der Waals surface area contributed by atoms with Crippen LogP contribution >= 0.6 is 23.4 Å². The molecule has 186 valence electrons. The number of para-hydroxylation sites is 1. The van der Waals surface area contributed by atoms with Crippen molar-refractivity contribution in [2.24, 2.45) is 5.92 Å². The average molecular weight is 524 g/mol. The fourth-order valence-corrected chi connectivity index (χ4v) is 5.47. The van der Waals surface area contributed by atoms with E-state index < -0.39 is 0 Å². The fraction of sp³-hybridized carbons (Fsp3) is 0.346. The van der Waals surface area contributed by atoms with E-state index in [2.05, 4.69) is 14.8 Å². The molecule has 5 rings (SSSR count). The molecule has 2 aromatic heterocycles. The molecule has 0 bridgehead atoms. The summed E-state index contributed by atoms with van der Waals surface area (Å²) in [7, 11) is 0. The van der Waals surface area contributed by atoms with E-state index in [4.69, 9.17) is 21.3 Å². The Morgan fingerprint density at radius 2 is 1.92 bits per heavy atom. The molecule has 0 atom stereocenters. The summed E-state index contributed by atoms with van der Waals surface area (Å²) in [5.74, 6) is -0.0745. The SMILES string of the molecule is CCOC(=O)C1CCN(C(=O)CSc2nnc3c4ccccc4n(Cc4cccc(Cl)c4)c3n2)CC1. The maximum Gasteiger partial charge on any atom is 0.309 e. The highest BCUT2D eigenvalue weighted by molar-refractivity contribution is 7.99. The van der Waals surface area contributed by atoms with Crippen LogP contribution in [0.25, 0.3) is 22.1 Å². The predicted molar refractivity (Wildman–Crippen MR) is 140 cm³/mol. The molecule has 1 amide bonds. The topological polar surface area (TPSA) is 90.2 Å². The number of hydrogen-bond acceptors (Lipinski definition) is 7. The van der Waals surface area contributed by atoms with Crippen LogP contribution in [-0.2, 0) is 20.9 Å². The number of aromatic nitrogens is 4. The Hall–Kier alpha value is -3.17. The van der Waals surface area contributed by atoms with Crippen molar-refractivity contribution < 1.29 is 14.3 Å². The van der Waals surface area contributed by atoms with Crippen molar-refractivity contribution in [2.75, 3.05) is 25.4 Å². The van der Waals surface area contributed by atoms with Gasteiger partial charge in [0.1, 0.15) is 5.52 Å². The van der Waals surface area contributed by atoms with Gasteiger partial charge in [0, 0.05) is 30.0 Å². The first-order chi connectivity index (χ1) is 17.5. The van der Waals surface area contributed by atoms with Crippen molar-refractivity contribution in [3.8, 4) is 0 Å². The number of rotatable bonds is 7. The molecule has 0 saturated carbocycles. The molecule has 0 radical (unpaired) electrons. The Balaban J connectivity index is 1.32. The number of esters is 1. The molecule has 1 fully saturated rings. The number of hydrogen-bond donors (Lipinski definition) is 0. The number of benzene rings is 2. The third-order valence-electron chi connectivity index (χ3n) is 6.38. The third kappa shape index (κ3) is 5.17. The van der Waals surface area contributed by atoms with Crippen LogP contribution in [0, 0.1) is 5.92 Å². The standard InChI is InChI=1S/C26H26ClN5O3S/c1-2-35-25(34)18-10-12-31(13-11-18)22(33)16-36-26-28-24-23(29-30-26)20-8-3-4-9-21(20)32(24)15-17-6-5-7-19(27)14-17/h3-9,14,18H,2,10-13,15-16H2,1H3. The molecule has 1 saturated heterocycles. The van der Waals surface area contributed by atoms with Gasteiger partial charge in [0.2, 0.25) is 11.1 Å². The Morgan fingerprint density at radius 3 is 2.69 bits per heavy atom. The van der Waals surface area contributed by atoms with Gasteiger partial charge < -0.3 is 14.2 Å². The minimum atomic E-state index is -0.167. The molecule has 0 N–H and O–H groups in total. The van der Waals surface area contributed by atoms with E-state index in [0.29, 0.717) is 49.3 Å². The van der Waals surface area contributed by atoms with Gasteiger partial charge in [-0.2, -0.15) is 0 Å². The van der Waals surface area contributed by atoms with Crippen molar-refractivity contribution in [1.29, 1.82) is 0 Å². The largest absolute Gasteiger partial charge is 0.466 e. The van der Waals surface area contributed by atoms with Crippen LogP contribution in [0.3, 0.4) is 0 Å². The number of likely N-dealkylation sites (tertiary alicyclic amines) is 1. The highest BCUT2D eigenvalue weighted by Crippen LogP contribution is 2.29. The Labute approximate surface area is 218 Å². The quantitative estimate of drug-likeness (QED) is 0.259. The lowest BCUT2D eigenvalue weighted by atomic mass is 9.97. The summed E-state index contributed by atoms with van der Waals surface area (Å²) in [5, 5.41) is 10.9. The van der Waals surface area contributed by atoms with Crippen LogP contribution in [-0.4, -0.2) is 62.0 Å². The first-order valence-electron chi connectivity index (χ1n) is 12.0. The van der Waals surface area contributed by atoms with Gasteiger partial charge in [-0.25, -0.2) is 4.98 Å². The average Bonchev–Trinajstić information content (AvgIpc) is 3.20. The molecule has 0 aliphatic carbocycles. The molecule has 36 heavy (non-hydrogen) atoms. The zero-order chi connectivity index (χ0) is 25.1. The minimum Gasteiger partial charge on any atom is -0.466 e. The van der Waals surface area contributed by atoms with Gasteiger partial charge in [-0.3, -0.25) is 9.59 Å². The molecule has 3 heterocycles. The maximum atomic E-state index is 12.8. The van der Waals surface area contributed by atoms with E-state index in [1.165, 1.54) is 11.8 Å². The molecular formula is C26H26ClN5O3S. The second-order valence-corrected chi connectivity index (χ2v) is 10.1. The lowest BCUT2D eigenvalue weighted by Crippen LogP contribution is -2.41. The zero-order valence-electron chi connectivity index (χ0n) is 19.9. The van der Waals surface area contributed by atoms with E-state index in [1.54, 1.807) is 11.8 Å². The van der Waals surface area contributed by atoms with E-state index >= 15 is 0 Å². The molecule has 10 heteroatoms. The van der Waals surface area contributed by atoms with Crippen LogP contribution in [0.1, 0.15) is 25.3 Å². The van der Waals surface area contributed by atoms with Crippen LogP contribution in [0.5, 0.6) is 0 Å². The summed E-state index contributed by atoms with van der Waals surface area (Å²) in [4.78, 5) is 31.4. The molecule has 4 aromatic rings. The number of thioether (sulfide) groups is 1. The van der Waals surface area contributed by atoms with Crippen molar-refractivity contribution in [3.05, 3.63) is 59.1 Å². The highest BCUT2D eigenvalue weighted by atomic mass is 35.5. The van der Waals surface area contributed by atoms with Crippen LogP contribution in [0.4, 0.5) is 0 Å². The lowest BCUT2D eigenvalue weighted by Gasteiger charge is -2.30. The normalized spacial score (nSPS) is 14.4. The summed E-state index contributed by atoms with van der Waals surface area (Å²) >= 11 is 7.49. The van der Waals surface area contributed by atoms with Crippen LogP contribution < -0.4 is 0 Å². The van der Waals surface area contributed by atoms with Gasteiger partial charge in [-0.1, -0.05) is 53.7 Å². The molecule has 8 nitrogen and oxygen atoms in total. The Bertz CT molecular complexity index is 1420. The number of carbonyl (C=O) groups is 2. The third-order valence-corrected chi connectivity index (χ3v) is 7.43. The van der Waals surface area contributed by atoms with Gasteiger partial charge in [0.25, 0.3) is 0 Å². The van der Waals surface area contributed by atoms with Crippen molar-refractivity contribution in [1.82, 2.24) is 24.6 Å². The Kier molecular flexibility index (Phi) is 7.38. The Morgan fingerprint density at radius 1 is 1.11 bits per heavy atom. The molecular weight excluding hydrogens is 498 g/mol. The number of amides is 1. The zero-order valence-corrected chi connectivity index (χ0v) is 21.5. The molecule has 2 aromatic carbocycles. The maximum absolute atomic E-state index is 12.8. The first-order valence-corrected chi connectivity index (χ1v) is 13.3. The van der Waals surface area contributed by atoms with Crippen molar-refractivity contribution in [2.45, 2.75) is 31.5 Å². The smallest absolute Gasteiger partial charge is 0.309 e. The summed E-state index contributed by atoms with van der Waals surface area (Å²) in [6.45, 7) is 3.87. The van der Waals surface area contributed by atoms with Crippen LogP contribution in [0.2, 0.25) is 5.02 Å². The summed E-state index contributed by atoms with van der Waals surface area (Å²) in [6.07, 6.45) is 1.26. The molecule has 0 unspecified atom stereocenters. The number of carbonyl (C=O) groups excluding carboxylic acids is 2. The second kappa shape index (κ2) is 10.8. The molecule has 1 aliphatic rings. The predicted octanol–water partition coefficient (Wildman–Crippen LogP) is 4.58. The summed E-state index contributed by atoms with van der Waals surface area (Å²) in [6, 6.07) is 15.8. The van der Waals surface area contributed by atoms with E-state index in [1.807, 2.05) is 48.5 Å². The van der Waals surface area contributed by atoms with Gasteiger partial charge in [0.05, 0.1) is 23.8 Å². The molecule has 1 aliphatic heterocycles. The highest BCUT2D eigenvalue weighted by Gasteiger charge is 2.28. The van der Waals surface area contributed by atoms with Gasteiger partial charge in [0.15, 0.2) is 5.65 Å². The molecule has 0 spiro atoms. The van der Waals surface area contributed by atoms with E-state index in [0.717, 1.165) is 27.6 Å². The lowest BCUT2D eigenvalue weighted by molar-refractivity contribution is -0.151. The van der Waals surface area contributed by atoms with Crippen LogP contribution in [0.15, 0.2) is 53.7 Å². The van der Waals surface area contributed by atoms with E-state index in [9.17, 15) is 9.59 Å². The monoisotopic (exact) mass is 523 g/mol. The summed E-state index contributed by atoms with van der Waals surface area (Å²) in [5.41, 5.74) is 3.51. The number of halogens is 1. The second-order valence-electron chi connectivity index (χ2n) is 8.70. The number of fused-ring (bicyclic) bond motifs is 3. The van der Waals surface area contributed by atoms with Crippen molar-refractivity contribution in [3.63, 3.8) is 0 Å². The number of nitrogens with zero attached hydrogens (tertiary/aromatic N) is 5. The first kappa shape index (κ1) is 24.5. The summed E-state index contributed by atoms with van der Waals surface area (Å²) < 4.78 is 7.22. The minimum absolute atomic E-state index is 0.00507. The fourth-order valence-electron chi connectivity index (χ4n) is 4.57. The van der Waals surface area contributed by atoms with Gasteiger partial charge >= 0.3 is 5.97 Å². The van der Waals surface area contributed by atoms with Gasteiger partial charge in [-0.15, -0.1) is 10.2 Å². The van der Waals surface area contributed by atoms with Gasteiger partial charge in [-0.05, 0) is 43.5 Å². The van der Waals surface area contributed by atoms with Crippen molar-refractivity contribution >= 4 is 57.3 Å². The number of piperidine rings is 1.